The van der Waals surface area contributed by atoms with Gasteiger partial charge in [0.05, 0.1) is 5.41 Å². The van der Waals surface area contributed by atoms with E-state index in [1.807, 2.05) is 0 Å². The number of hydrogen-bond donors (Lipinski definition) is 0. The van der Waals surface area contributed by atoms with Crippen molar-refractivity contribution in [1.29, 1.82) is 0 Å². The number of ether oxygens (including phenoxy) is 1. The first-order chi connectivity index (χ1) is 13.1. The minimum Gasteiger partial charge on any atom is -0.427 e. The lowest BCUT2D eigenvalue weighted by molar-refractivity contribution is -0.203. The number of carbonyl (C=O) groups is 6. The number of rotatable bonds is 2. The molecule has 0 aromatic heterocycles. The SMILES string of the molecule is C.CC(C)(C)C(=O)ON1C(=O)CCC1=O.CC(C)(C)OC(=O)ON1C(=O)CCC1=O. The predicted molar refractivity (Wildman–Crippen MR) is 102 cm³/mol. The summed E-state index contributed by atoms with van der Waals surface area (Å²) < 4.78 is 4.79. The predicted octanol–water partition coefficient (Wildman–Crippen LogP) is 2.28. The highest BCUT2D eigenvalue weighted by atomic mass is 16.8. The van der Waals surface area contributed by atoms with Crippen molar-refractivity contribution < 1.29 is 43.2 Å². The summed E-state index contributed by atoms with van der Waals surface area (Å²) in [4.78, 5) is 75.9. The van der Waals surface area contributed by atoms with Gasteiger partial charge in [0.2, 0.25) is 0 Å². The van der Waals surface area contributed by atoms with Gasteiger partial charge in [-0.05, 0) is 41.5 Å². The summed E-state index contributed by atoms with van der Waals surface area (Å²) in [6, 6.07) is 0. The first-order valence-corrected chi connectivity index (χ1v) is 8.97. The molecule has 0 unspecified atom stereocenters. The van der Waals surface area contributed by atoms with Gasteiger partial charge in [-0.25, -0.2) is 9.59 Å². The smallest absolute Gasteiger partial charge is 0.427 e. The largest absolute Gasteiger partial charge is 0.534 e. The highest BCUT2D eigenvalue weighted by Crippen LogP contribution is 2.19. The van der Waals surface area contributed by atoms with E-state index in [2.05, 4.69) is 4.84 Å². The maximum atomic E-state index is 11.3. The van der Waals surface area contributed by atoms with Crippen LogP contribution in [0.5, 0.6) is 0 Å². The Morgan fingerprint density at radius 2 is 1.03 bits per heavy atom. The number of nitrogens with zero attached hydrogens (tertiary/aromatic N) is 2. The molecule has 4 amide bonds. The van der Waals surface area contributed by atoms with Gasteiger partial charge >= 0.3 is 12.1 Å². The van der Waals surface area contributed by atoms with Crippen LogP contribution in [0.2, 0.25) is 0 Å². The average Bonchev–Trinajstić information content (AvgIpc) is 3.03. The summed E-state index contributed by atoms with van der Waals surface area (Å²) in [5.41, 5.74) is -1.44. The molecule has 30 heavy (non-hydrogen) atoms. The zero-order chi connectivity index (χ0) is 22.6. The highest BCUT2D eigenvalue weighted by Gasteiger charge is 2.36. The Morgan fingerprint density at radius 1 is 0.700 bits per heavy atom. The molecular formula is C19H30N2O9. The number of hydrogen-bond acceptors (Lipinski definition) is 9. The van der Waals surface area contributed by atoms with Gasteiger partial charge in [-0.1, -0.05) is 12.5 Å². The fourth-order valence-corrected chi connectivity index (χ4v) is 1.88. The fraction of sp³-hybridized carbons (Fsp3) is 0.684. The minimum absolute atomic E-state index is 0. The van der Waals surface area contributed by atoms with Crippen LogP contribution in [0.3, 0.4) is 0 Å². The molecule has 2 saturated heterocycles. The topological polar surface area (TPSA) is 137 Å². The van der Waals surface area contributed by atoms with Crippen molar-refractivity contribution in [3.63, 3.8) is 0 Å². The van der Waals surface area contributed by atoms with Gasteiger partial charge in [-0.2, -0.15) is 0 Å². The minimum atomic E-state index is -1.05. The molecule has 2 aliphatic rings. The van der Waals surface area contributed by atoms with Crippen molar-refractivity contribution in [2.45, 2.75) is 80.3 Å². The summed E-state index contributed by atoms with van der Waals surface area (Å²) in [6.07, 6.45) is -0.665. The maximum absolute atomic E-state index is 11.3. The average molecular weight is 430 g/mol. The molecule has 0 saturated carbocycles. The van der Waals surface area contributed by atoms with Crippen LogP contribution in [0.1, 0.15) is 74.7 Å². The number of carbonyl (C=O) groups excluding carboxylic acids is 6. The second kappa shape index (κ2) is 10.2. The summed E-state index contributed by atoms with van der Waals surface area (Å²) >= 11 is 0. The molecule has 0 atom stereocenters. The van der Waals surface area contributed by atoms with Crippen LogP contribution < -0.4 is 0 Å². The summed E-state index contributed by atoms with van der Waals surface area (Å²) in [6.45, 7) is 9.92. The second-order valence-corrected chi connectivity index (χ2v) is 8.35. The molecule has 2 heterocycles. The number of amides is 4. The molecule has 11 heteroatoms. The molecule has 0 aromatic rings. The lowest BCUT2D eigenvalue weighted by atomic mass is 9.98. The standard InChI is InChI=1S/C9H13NO5.C9H13NO4.CH4/c1-9(2,3)14-8(13)15-10-6(11)4-5-7(10)12;1-9(2,3)8(13)14-10-6(11)4-5-7(10)12;/h4-5H2,1-3H3;4-5H2,1-3H3;1H4. The van der Waals surface area contributed by atoms with Crippen LogP contribution in [0.25, 0.3) is 0 Å². The van der Waals surface area contributed by atoms with E-state index in [4.69, 9.17) is 9.57 Å². The van der Waals surface area contributed by atoms with E-state index < -0.39 is 46.8 Å². The van der Waals surface area contributed by atoms with E-state index >= 15 is 0 Å². The molecule has 2 fully saturated rings. The van der Waals surface area contributed by atoms with Crippen LogP contribution in [0, 0.1) is 5.41 Å². The van der Waals surface area contributed by atoms with E-state index in [9.17, 15) is 28.8 Å². The van der Waals surface area contributed by atoms with Gasteiger partial charge in [-0.15, -0.1) is 5.06 Å². The molecule has 170 valence electrons. The first-order valence-electron chi connectivity index (χ1n) is 8.97. The lowest BCUT2D eigenvalue weighted by Gasteiger charge is -2.20. The molecule has 0 N–H and O–H groups in total. The number of imide groups is 2. The van der Waals surface area contributed by atoms with Crippen molar-refractivity contribution in [1.82, 2.24) is 10.1 Å². The molecule has 0 bridgehead atoms. The second-order valence-electron chi connectivity index (χ2n) is 8.35. The number of hydroxylamine groups is 4. The van der Waals surface area contributed by atoms with Gasteiger partial charge in [0.15, 0.2) is 0 Å². The fourth-order valence-electron chi connectivity index (χ4n) is 1.88. The Labute approximate surface area is 175 Å². The van der Waals surface area contributed by atoms with Crippen molar-refractivity contribution in [3.05, 3.63) is 0 Å². The normalized spacial score (nSPS) is 16.6. The van der Waals surface area contributed by atoms with Crippen LogP contribution in [-0.2, 0) is 38.4 Å². The molecule has 11 nitrogen and oxygen atoms in total. The molecule has 2 rings (SSSR count). The molecule has 0 aliphatic carbocycles. The van der Waals surface area contributed by atoms with Crippen LogP contribution in [0.4, 0.5) is 4.79 Å². The molecule has 0 spiro atoms. The summed E-state index contributed by atoms with van der Waals surface area (Å²) in [5.74, 6) is -2.53. The molecular weight excluding hydrogens is 400 g/mol. The van der Waals surface area contributed by atoms with Crippen LogP contribution in [0.15, 0.2) is 0 Å². The molecule has 0 radical (unpaired) electrons. The van der Waals surface area contributed by atoms with Crippen molar-refractivity contribution in [2.24, 2.45) is 5.41 Å². The van der Waals surface area contributed by atoms with Gasteiger partial charge < -0.3 is 9.57 Å². The third-order valence-electron chi connectivity index (χ3n) is 3.35. The Balaban J connectivity index is 0.000000544. The lowest BCUT2D eigenvalue weighted by Crippen LogP contribution is -2.36. The van der Waals surface area contributed by atoms with E-state index in [1.165, 1.54) is 0 Å². The molecule has 0 aromatic carbocycles. The Hall–Kier alpha value is -2.98. The van der Waals surface area contributed by atoms with Crippen LogP contribution >= 0.6 is 0 Å². The van der Waals surface area contributed by atoms with Gasteiger partial charge in [-0.3, -0.25) is 24.0 Å². The van der Waals surface area contributed by atoms with Gasteiger partial charge in [0.1, 0.15) is 5.60 Å². The van der Waals surface area contributed by atoms with Crippen LogP contribution in [-0.4, -0.2) is 51.5 Å². The third kappa shape index (κ3) is 8.18. The summed E-state index contributed by atoms with van der Waals surface area (Å²) in [5, 5.41) is 1.02. The Kier molecular flexibility index (Phi) is 9.16. The van der Waals surface area contributed by atoms with E-state index in [-0.39, 0.29) is 33.1 Å². The first kappa shape index (κ1) is 27.0. The van der Waals surface area contributed by atoms with Crippen molar-refractivity contribution >= 4 is 35.8 Å². The van der Waals surface area contributed by atoms with E-state index in [1.54, 1.807) is 41.5 Å². The highest BCUT2D eigenvalue weighted by molar-refractivity contribution is 6.02. The summed E-state index contributed by atoms with van der Waals surface area (Å²) in [7, 11) is 0. The maximum Gasteiger partial charge on any atom is 0.534 e. The quantitative estimate of drug-likeness (QED) is 0.477. The van der Waals surface area contributed by atoms with Crippen molar-refractivity contribution in [3.8, 4) is 0 Å². The third-order valence-corrected chi connectivity index (χ3v) is 3.35. The van der Waals surface area contributed by atoms with Gasteiger partial charge in [0, 0.05) is 25.7 Å². The van der Waals surface area contributed by atoms with Gasteiger partial charge in [0.25, 0.3) is 23.6 Å². The Morgan fingerprint density at radius 3 is 1.33 bits per heavy atom. The van der Waals surface area contributed by atoms with E-state index in [0.717, 1.165) is 0 Å². The molecule has 2 aliphatic heterocycles. The monoisotopic (exact) mass is 430 g/mol. The Bertz CT molecular complexity index is 684. The van der Waals surface area contributed by atoms with E-state index in [0.29, 0.717) is 10.1 Å². The zero-order valence-electron chi connectivity index (χ0n) is 17.4. The van der Waals surface area contributed by atoms with Crippen molar-refractivity contribution in [2.75, 3.05) is 0 Å². The zero-order valence-corrected chi connectivity index (χ0v) is 17.4.